The zero-order valence-electron chi connectivity index (χ0n) is 16.9. The summed E-state index contributed by atoms with van der Waals surface area (Å²) in [6.45, 7) is 2.06. The highest BCUT2D eigenvalue weighted by Crippen LogP contribution is 2.35. The summed E-state index contributed by atoms with van der Waals surface area (Å²) in [6, 6.07) is 16.4. The van der Waals surface area contributed by atoms with E-state index in [1.807, 2.05) is 37.3 Å². The van der Waals surface area contributed by atoms with Gasteiger partial charge in [-0.25, -0.2) is 19.6 Å². The van der Waals surface area contributed by atoms with Crippen molar-refractivity contribution in [3.63, 3.8) is 0 Å². The number of hydrogen-bond acceptors (Lipinski definition) is 8. The van der Waals surface area contributed by atoms with Crippen molar-refractivity contribution in [1.29, 1.82) is 0 Å². The second kappa shape index (κ2) is 8.93. The van der Waals surface area contributed by atoms with Crippen LogP contribution in [0.4, 0.5) is 11.5 Å². The number of aromatic nitrogens is 2. The van der Waals surface area contributed by atoms with E-state index in [2.05, 4.69) is 15.3 Å². The molecule has 4 rings (SSSR count). The molecule has 31 heavy (non-hydrogen) atoms. The number of nitrogens with one attached hydrogen (secondary N) is 1. The number of rotatable bonds is 6. The van der Waals surface area contributed by atoms with Crippen LogP contribution in [0.3, 0.4) is 0 Å². The van der Waals surface area contributed by atoms with Crippen LogP contribution in [0.15, 0.2) is 60.9 Å². The van der Waals surface area contributed by atoms with Crippen LogP contribution < -0.4 is 5.32 Å². The van der Waals surface area contributed by atoms with Crippen LogP contribution in [0, 0.1) is 6.92 Å². The van der Waals surface area contributed by atoms with Gasteiger partial charge in [-0.15, -0.1) is 11.3 Å². The molecule has 0 aliphatic rings. The van der Waals surface area contributed by atoms with E-state index in [4.69, 9.17) is 9.47 Å². The Balaban J connectivity index is 1.57. The minimum atomic E-state index is -0.400. The van der Waals surface area contributed by atoms with Crippen molar-refractivity contribution in [3.8, 4) is 0 Å². The first-order chi connectivity index (χ1) is 15.1. The summed E-state index contributed by atoms with van der Waals surface area (Å²) in [4.78, 5) is 34.1. The molecule has 0 saturated heterocycles. The molecule has 156 valence electrons. The second-order valence-corrected chi connectivity index (χ2v) is 7.71. The van der Waals surface area contributed by atoms with Crippen molar-refractivity contribution in [1.82, 2.24) is 9.97 Å². The van der Waals surface area contributed by atoms with E-state index >= 15 is 0 Å². The fraction of sp³-hybridized carbons (Fsp3) is 0.130. The SMILES string of the molecule is COC(=O)c1ccc(Nc2ncnc3sc(C(=O)OCc4ccccc4)c(C)c23)cc1. The van der Waals surface area contributed by atoms with E-state index in [1.165, 1.54) is 24.8 Å². The third-order valence-corrected chi connectivity index (χ3v) is 5.87. The summed E-state index contributed by atoms with van der Waals surface area (Å²) in [7, 11) is 1.34. The highest BCUT2D eigenvalue weighted by Gasteiger charge is 2.20. The number of ether oxygens (including phenoxy) is 2. The molecule has 1 N–H and O–H groups in total. The van der Waals surface area contributed by atoms with Crippen molar-refractivity contribution in [2.24, 2.45) is 0 Å². The van der Waals surface area contributed by atoms with Gasteiger partial charge in [-0.05, 0) is 42.3 Å². The van der Waals surface area contributed by atoms with Crippen LogP contribution in [0.25, 0.3) is 10.2 Å². The van der Waals surface area contributed by atoms with Gasteiger partial charge in [-0.2, -0.15) is 0 Å². The predicted octanol–water partition coefficient (Wildman–Crippen LogP) is 4.89. The van der Waals surface area contributed by atoms with Crippen LogP contribution >= 0.6 is 11.3 Å². The molecular weight excluding hydrogens is 414 g/mol. The maximum absolute atomic E-state index is 12.7. The van der Waals surface area contributed by atoms with E-state index < -0.39 is 11.9 Å². The quantitative estimate of drug-likeness (QED) is 0.433. The lowest BCUT2D eigenvalue weighted by molar-refractivity contribution is 0.0477. The number of hydrogen-bond donors (Lipinski definition) is 1. The Hall–Kier alpha value is -3.78. The molecule has 7 nitrogen and oxygen atoms in total. The fourth-order valence-corrected chi connectivity index (χ4v) is 4.14. The molecule has 2 heterocycles. The first kappa shape index (κ1) is 20.5. The summed E-state index contributed by atoms with van der Waals surface area (Å²) in [5, 5.41) is 3.99. The third-order valence-electron chi connectivity index (χ3n) is 4.69. The molecule has 0 spiro atoms. The Morgan fingerprint density at radius 2 is 1.74 bits per heavy atom. The first-order valence-corrected chi connectivity index (χ1v) is 10.3. The van der Waals surface area contributed by atoms with Gasteiger partial charge < -0.3 is 14.8 Å². The van der Waals surface area contributed by atoms with Gasteiger partial charge in [0, 0.05) is 5.69 Å². The fourth-order valence-electron chi connectivity index (χ4n) is 3.09. The van der Waals surface area contributed by atoms with E-state index in [1.54, 1.807) is 24.3 Å². The number of methoxy groups -OCH3 is 1. The maximum Gasteiger partial charge on any atom is 0.349 e. The summed E-state index contributed by atoms with van der Waals surface area (Å²) >= 11 is 1.27. The molecular formula is C23H19N3O4S. The number of carbonyl (C=O) groups is 2. The predicted molar refractivity (Wildman–Crippen MR) is 119 cm³/mol. The lowest BCUT2D eigenvalue weighted by atomic mass is 10.2. The van der Waals surface area contributed by atoms with Crippen LogP contribution in [-0.4, -0.2) is 29.0 Å². The Labute approximate surface area is 182 Å². The molecule has 0 bridgehead atoms. The summed E-state index contributed by atoms with van der Waals surface area (Å²) in [5.74, 6) is -0.215. The van der Waals surface area contributed by atoms with Gasteiger partial charge in [0.05, 0.1) is 18.1 Å². The molecule has 2 aromatic carbocycles. The number of fused-ring (bicyclic) bond motifs is 1. The molecule has 0 amide bonds. The Bertz CT molecular complexity index is 1240. The molecule has 0 fully saturated rings. The maximum atomic E-state index is 12.7. The number of esters is 2. The van der Waals surface area contributed by atoms with Gasteiger partial charge in [0.15, 0.2) is 0 Å². The van der Waals surface area contributed by atoms with Gasteiger partial charge in [0.25, 0.3) is 0 Å². The highest BCUT2D eigenvalue weighted by atomic mass is 32.1. The van der Waals surface area contributed by atoms with E-state index in [-0.39, 0.29) is 6.61 Å². The minimum Gasteiger partial charge on any atom is -0.465 e. The van der Waals surface area contributed by atoms with E-state index in [0.29, 0.717) is 21.1 Å². The Kier molecular flexibility index (Phi) is 5.90. The summed E-state index contributed by atoms with van der Waals surface area (Å²) in [6.07, 6.45) is 1.45. The zero-order chi connectivity index (χ0) is 21.8. The normalized spacial score (nSPS) is 10.6. The monoisotopic (exact) mass is 433 g/mol. The molecule has 8 heteroatoms. The molecule has 0 aliphatic heterocycles. The lowest BCUT2D eigenvalue weighted by Crippen LogP contribution is -2.04. The van der Waals surface area contributed by atoms with Gasteiger partial charge in [-0.3, -0.25) is 0 Å². The number of anilines is 2. The van der Waals surface area contributed by atoms with E-state index in [0.717, 1.165) is 22.2 Å². The smallest absolute Gasteiger partial charge is 0.349 e. The number of aryl methyl sites for hydroxylation is 1. The zero-order valence-corrected chi connectivity index (χ0v) is 17.7. The molecule has 0 saturated carbocycles. The molecule has 2 aromatic heterocycles. The highest BCUT2D eigenvalue weighted by molar-refractivity contribution is 7.20. The first-order valence-electron chi connectivity index (χ1n) is 9.47. The molecule has 0 aliphatic carbocycles. The Morgan fingerprint density at radius 1 is 1.00 bits per heavy atom. The van der Waals surface area contributed by atoms with Crippen LogP contribution in [0.1, 0.15) is 31.2 Å². The second-order valence-electron chi connectivity index (χ2n) is 6.71. The number of nitrogens with zero attached hydrogens (tertiary/aromatic N) is 2. The van der Waals surface area contributed by atoms with E-state index in [9.17, 15) is 9.59 Å². The van der Waals surface area contributed by atoms with Crippen molar-refractivity contribution < 1.29 is 19.1 Å². The van der Waals surface area contributed by atoms with Gasteiger partial charge >= 0.3 is 11.9 Å². The Morgan fingerprint density at radius 3 is 2.45 bits per heavy atom. The molecule has 0 atom stereocenters. The van der Waals surface area contributed by atoms with Gasteiger partial charge in [-0.1, -0.05) is 30.3 Å². The average molecular weight is 433 g/mol. The minimum absolute atomic E-state index is 0.205. The molecule has 4 aromatic rings. The van der Waals surface area contributed by atoms with Crippen LogP contribution in [-0.2, 0) is 16.1 Å². The number of benzene rings is 2. The molecule has 0 radical (unpaired) electrons. The standard InChI is InChI=1S/C23H19N3O4S/c1-14-18-20(26-17-10-8-16(9-11-17)22(27)29-2)24-13-25-21(18)31-19(14)23(28)30-12-15-6-4-3-5-7-15/h3-11,13H,12H2,1-2H3,(H,24,25,26). The van der Waals surface area contributed by atoms with Crippen LogP contribution in [0.5, 0.6) is 0 Å². The average Bonchev–Trinajstić information content (AvgIpc) is 3.15. The van der Waals surface area contributed by atoms with Crippen molar-refractivity contribution in [2.75, 3.05) is 12.4 Å². The number of carbonyl (C=O) groups excluding carboxylic acids is 2. The summed E-state index contributed by atoms with van der Waals surface area (Å²) in [5.41, 5.74) is 2.88. The van der Waals surface area contributed by atoms with Crippen molar-refractivity contribution in [2.45, 2.75) is 13.5 Å². The number of thiophene rings is 1. The van der Waals surface area contributed by atoms with Crippen LogP contribution in [0.2, 0.25) is 0 Å². The van der Waals surface area contributed by atoms with Gasteiger partial charge in [0.2, 0.25) is 0 Å². The van der Waals surface area contributed by atoms with Gasteiger partial charge in [0.1, 0.15) is 28.5 Å². The largest absolute Gasteiger partial charge is 0.465 e. The molecule has 0 unspecified atom stereocenters. The topological polar surface area (TPSA) is 90.4 Å². The summed E-state index contributed by atoms with van der Waals surface area (Å²) < 4.78 is 10.2. The van der Waals surface area contributed by atoms with Crippen molar-refractivity contribution >= 4 is 45.0 Å². The van der Waals surface area contributed by atoms with Crippen molar-refractivity contribution in [3.05, 3.63) is 82.5 Å². The third kappa shape index (κ3) is 4.39. The lowest BCUT2D eigenvalue weighted by Gasteiger charge is -2.08.